The van der Waals surface area contributed by atoms with Crippen LogP contribution in [0.4, 0.5) is 4.39 Å². The summed E-state index contributed by atoms with van der Waals surface area (Å²) in [7, 11) is 0. The fraction of sp³-hybridized carbons (Fsp3) is 0.136. The summed E-state index contributed by atoms with van der Waals surface area (Å²) in [6.07, 6.45) is 0.589. The molecule has 0 unspecified atom stereocenters. The van der Waals surface area contributed by atoms with Crippen molar-refractivity contribution in [2.75, 3.05) is 5.75 Å². The molecule has 2 aromatic carbocycles. The molecule has 0 N–H and O–H groups in total. The number of thiophene rings is 1. The van der Waals surface area contributed by atoms with E-state index in [9.17, 15) is 9.18 Å². The van der Waals surface area contributed by atoms with E-state index in [1.165, 1.54) is 28.9 Å². The van der Waals surface area contributed by atoms with Crippen molar-refractivity contribution in [3.8, 4) is 0 Å². The highest BCUT2D eigenvalue weighted by atomic mass is 32.2. The highest BCUT2D eigenvalue weighted by Crippen LogP contribution is 2.35. The van der Waals surface area contributed by atoms with Crippen molar-refractivity contribution in [3.05, 3.63) is 82.3 Å². The summed E-state index contributed by atoms with van der Waals surface area (Å²) in [4.78, 5) is 18.5. The number of halogens is 1. The molecule has 0 bridgehead atoms. The Hall–Kier alpha value is -2.97. The number of hydrogen-bond acceptors (Lipinski definition) is 6. The summed E-state index contributed by atoms with van der Waals surface area (Å²) < 4.78 is 19.1. The molecule has 30 heavy (non-hydrogen) atoms. The van der Waals surface area contributed by atoms with Gasteiger partial charge in [0.05, 0.1) is 22.4 Å². The van der Waals surface area contributed by atoms with Gasteiger partial charge in [0.15, 0.2) is 5.58 Å². The van der Waals surface area contributed by atoms with Crippen LogP contribution in [0.5, 0.6) is 0 Å². The monoisotopic (exact) mass is 437 g/mol. The molecule has 8 heteroatoms. The molecule has 3 heterocycles. The van der Waals surface area contributed by atoms with Gasteiger partial charge >= 0.3 is 0 Å². The number of oxazole rings is 1. The molecule has 4 aromatic rings. The molecule has 1 aliphatic heterocycles. The zero-order valence-corrected chi connectivity index (χ0v) is 17.3. The molecule has 1 aliphatic rings. The minimum Gasteiger partial charge on any atom is -0.431 e. The summed E-state index contributed by atoms with van der Waals surface area (Å²) in [5.41, 5.74) is 3.16. The molecule has 1 amide bonds. The van der Waals surface area contributed by atoms with E-state index in [4.69, 9.17) is 4.42 Å². The third-order valence-corrected chi connectivity index (χ3v) is 6.55. The molecule has 2 aromatic heterocycles. The first-order valence-corrected chi connectivity index (χ1v) is 11.2. The lowest BCUT2D eigenvalue weighted by Crippen LogP contribution is -2.28. The van der Waals surface area contributed by atoms with Crippen LogP contribution < -0.4 is 0 Å². The molecule has 0 fully saturated rings. The first-order valence-electron chi connectivity index (χ1n) is 9.34. The maximum Gasteiger partial charge on any atom is 0.257 e. The molecule has 150 valence electrons. The third kappa shape index (κ3) is 3.76. The number of nitrogens with zero attached hydrogens (tertiary/aromatic N) is 3. The summed E-state index contributed by atoms with van der Waals surface area (Å²) in [6.45, 7) is 0. The van der Waals surface area contributed by atoms with Crippen LogP contribution in [0.1, 0.15) is 22.9 Å². The summed E-state index contributed by atoms with van der Waals surface area (Å²) in [5.74, 6) is -0.310. The fourth-order valence-electron chi connectivity index (χ4n) is 3.38. The van der Waals surface area contributed by atoms with Gasteiger partial charge in [-0.1, -0.05) is 42.1 Å². The maximum absolute atomic E-state index is 13.4. The zero-order valence-electron chi connectivity index (χ0n) is 15.7. The molecular formula is C22H16FN3O2S2. The van der Waals surface area contributed by atoms with Gasteiger partial charge in [0, 0.05) is 6.42 Å². The van der Waals surface area contributed by atoms with Gasteiger partial charge in [0.1, 0.15) is 11.3 Å². The molecule has 0 aliphatic carbocycles. The quantitative estimate of drug-likeness (QED) is 0.387. The van der Waals surface area contributed by atoms with Gasteiger partial charge in [-0.2, -0.15) is 5.10 Å². The number of amides is 1. The predicted octanol–water partition coefficient (Wildman–Crippen LogP) is 5.50. The van der Waals surface area contributed by atoms with Crippen molar-refractivity contribution >= 4 is 45.8 Å². The first-order chi connectivity index (χ1) is 14.7. The number of fused-ring (bicyclic) bond motifs is 1. The average molecular weight is 438 g/mol. The summed E-state index contributed by atoms with van der Waals surface area (Å²) in [6, 6.07) is 17.4. The number of carbonyl (C=O) groups excluding carboxylic acids is 1. The van der Waals surface area contributed by atoms with E-state index < -0.39 is 0 Å². The minimum atomic E-state index is -0.305. The number of carbonyl (C=O) groups is 1. The topological polar surface area (TPSA) is 58.7 Å². The van der Waals surface area contributed by atoms with Crippen molar-refractivity contribution in [2.24, 2.45) is 5.10 Å². The highest BCUT2D eigenvalue weighted by molar-refractivity contribution is 7.99. The smallest absolute Gasteiger partial charge is 0.257 e. The predicted molar refractivity (Wildman–Crippen MR) is 116 cm³/mol. The van der Waals surface area contributed by atoms with E-state index >= 15 is 0 Å². The van der Waals surface area contributed by atoms with Crippen molar-refractivity contribution in [1.29, 1.82) is 0 Å². The molecule has 0 saturated heterocycles. The number of para-hydroxylation sites is 2. The Morgan fingerprint density at radius 1 is 1.17 bits per heavy atom. The molecular weight excluding hydrogens is 421 g/mol. The second-order valence-electron chi connectivity index (χ2n) is 6.77. The van der Waals surface area contributed by atoms with Crippen molar-refractivity contribution in [3.63, 3.8) is 0 Å². The van der Waals surface area contributed by atoms with Gasteiger partial charge in [-0.05, 0) is 41.3 Å². The van der Waals surface area contributed by atoms with E-state index in [0.29, 0.717) is 17.2 Å². The standard InChI is InChI=1S/C22H16FN3O2S2/c23-15-9-7-14(8-10-15)18-12-17(20-6-3-11-29-20)25-26(18)21(27)13-30-22-24-16-4-1-2-5-19(16)28-22/h1-11,18H,12-13H2/t18-/m0/s1. The Labute approximate surface area is 180 Å². The lowest BCUT2D eigenvalue weighted by Gasteiger charge is -2.21. The SMILES string of the molecule is O=C(CSc1nc2ccccc2o1)N1N=C(c2cccs2)C[C@H]1c1ccc(F)cc1. The highest BCUT2D eigenvalue weighted by Gasteiger charge is 2.33. The Bertz CT molecular complexity index is 1190. The fourth-order valence-corrected chi connectivity index (χ4v) is 4.79. The van der Waals surface area contributed by atoms with Gasteiger partial charge in [0.25, 0.3) is 11.1 Å². The Kier molecular flexibility index (Phi) is 5.10. The number of hydrogen-bond donors (Lipinski definition) is 0. The van der Waals surface area contributed by atoms with Crippen LogP contribution in [0.3, 0.4) is 0 Å². The molecule has 1 atom stereocenters. The Morgan fingerprint density at radius 3 is 2.77 bits per heavy atom. The van der Waals surface area contributed by atoms with Crippen LogP contribution in [0.25, 0.3) is 11.1 Å². The van der Waals surface area contributed by atoms with Gasteiger partial charge < -0.3 is 4.42 Å². The van der Waals surface area contributed by atoms with Crippen LogP contribution in [0, 0.1) is 5.82 Å². The van der Waals surface area contributed by atoms with Gasteiger partial charge in [0.2, 0.25) is 0 Å². The lowest BCUT2D eigenvalue weighted by molar-refractivity contribution is -0.130. The number of hydrazone groups is 1. The van der Waals surface area contributed by atoms with Crippen LogP contribution in [0.2, 0.25) is 0 Å². The van der Waals surface area contributed by atoms with E-state index in [-0.39, 0.29) is 23.5 Å². The van der Waals surface area contributed by atoms with E-state index in [0.717, 1.165) is 21.7 Å². The van der Waals surface area contributed by atoms with Crippen molar-refractivity contribution in [1.82, 2.24) is 9.99 Å². The summed E-state index contributed by atoms with van der Waals surface area (Å²) >= 11 is 2.83. The summed E-state index contributed by atoms with van der Waals surface area (Å²) in [5, 5.41) is 8.56. The normalized spacial score (nSPS) is 16.2. The molecule has 0 radical (unpaired) electrons. The number of aromatic nitrogens is 1. The van der Waals surface area contributed by atoms with E-state index in [2.05, 4.69) is 10.1 Å². The minimum absolute atomic E-state index is 0.145. The zero-order chi connectivity index (χ0) is 20.5. The molecule has 0 spiro atoms. The van der Waals surface area contributed by atoms with Gasteiger partial charge in [-0.3, -0.25) is 4.79 Å². The number of thioether (sulfide) groups is 1. The third-order valence-electron chi connectivity index (χ3n) is 4.82. The van der Waals surface area contributed by atoms with Gasteiger partial charge in [-0.25, -0.2) is 14.4 Å². The maximum atomic E-state index is 13.4. The molecule has 0 saturated carbocycles. The van der Waals surface area contributed by atoms with Crippen LogP contribution in [0.15, 0.2) is 80.8 Å². The Morgan fingerprint density at radius 2 is 2.00 bits per heavy atom. The number of rotatable bonds is 5. The van der Waals surface area contributed by atoms with E-state index in [1.54, 1.807) is 23.5 Å². The lowest BCUT2D eigenvalue weighted by atomic mass is 10.0. The van der Waals surface area contributed by atoms with E-state index in [1.807, 2.05) is 41.8 Å². The average Bonchev–Trinajstić information content (AvgIpc) is 3.51. The van der Waals surface area contributed by atoms with Gasteiger partial charge in [-0.15, -0.1) is 11.3 Å². The number of benzene rings is 2. The Balaban J connectivity index is 1.37. The molecule has 5 rings (SSSR count). The van der Waals surface area contributed by atoms with Crippen LogP contribution in [-0.4, -0.2) is 27.4 Å². The second-order valence-corrected chi connectivity index (χ2v) is 8.64. The van der Waals surface area contributed by atoms with Crippen LogP contribution >= 0.6 is 23.1 Å². The van der Waals surface area contributed by atoms with Crippen LogP contribution in [-0.2, 0) is 4.79 Å². The van der Waals surface area contributed by atoms with Crippen molar-refractivity contribution in [2.45, 2.75) is 17.7 Å². The second kappa shape index (κ2) is 8.04. The molecule has 5 nitrogen and oxygen atoms in total. The largest absolute Gasteiger partial charge is 0.431 e. The first kappa shape index (κ1) is 19.0. The van der Waals surface area contributed by atoms with Crippen molar-refractivity contribution < 1.29 is 13.6 Å².